The van der Waals surface area contributed by atoms with Gasteiger partial charge in [0.15, 0.2) is 13.2 Å². The van der Waals surface area contributed by atoms with Crippen LogP contribution in [0.15, 0.2) is 53.0 Å². The average molecular weight is 477 g/mol. The molecule has 0 bridgehead atoms. The highest BCUT2D eigenvalue weighted by molar-refractivity contribution is 9.10. The van der Waals surface area contributed by atoms with Crippen molar-refractivity contribution in [3.8, 4) is 5.75 Å². The second-order valence-corrected chi connectivity index (χ2v) is 7.50. The Kier molecular flexibility index (Phi) is 9.34. The molecular formula is C22H25BrN2O5. The quantitative estimate of drug-likeness (QED) is 0.529. The van der Waals surface area contributed by atoms with Crippen molar-refractivity contribution >= 4 is 39.4 Å². The number of aryl methyl sites for hydroxylation is 1. The number of benzene rings is 2. The number of carbonyl (C=O) groups excluding carboxylic acids is 3. The molecule has 0 heterocycles. The summed E-state index contributed by atoms with van der Waals surface area (Å²) < 4.78 is 11.2. The van der Waals surface area contributed by atoms with Gasteiger partial charge in [0, 0.05) is 16.7 Å². The van der Waals surface area contributed by atoms with Crippen LogP contribution in [0.1, 0.15) is 18.9 Å². The number of nitrogens with zero attached hydrogens (tertiary/aromatic N) is 1. The van der Waals surface area contributed by atoms with Crippen LogP contribution in [-0.4, -0.2) is 49.0 Å². The molecule has 0 saturated carbocycles. The third-order valence-corrected chi connectivity index (χ3v) is 4.60. The molecule has 0 aliphatic heterocycles. The summed E-state index contributed by atoms with van der Waals surface area (Å²) in [5, 5.41) is 2.80. The van der Waals surface area contributed by atoms with Gasteiger partial charge in [-0.25, -0.2) is 4.79 Å². The number of halogens is 1. The van der Waals surface area contributed by atoms with Crippen LogP contribution >= 0.6 is 15.9 Å². The second-order valence-electron chi connectivity index (χ2n) is 6.59. The molecular weight excluding hydrogens is 452 g/mol. The van der Waals surface area contributed by atoms with Gasteiger partial charge in [0.1, 0.15) is 5.75 Å². The van der Waals surface area contributed by atoms with Gasteiger partial charge in [0.25, 0.3) is 5.91 Å². The molecule has 0 atom stereocenters. The summed E-state index contributed by atoms with van der Waals surface area (Å²) in [6, 6.07) is 14.4. The van der Waals surface area contributed by atoms with Gasteiger partial charge in [-0.05, 0) is 43.2 Å². The molecule has 0 aromatic heterocycles. The number of esters is 1. The van der Waals surface area contributed by atoms with Crippen molar-refractivity contribution < 1.29 is 23.9 Å². The Morgan fingerprint density at radius 3 is 2.53 bits per heavy atom. The number of amides is 2. The number of ether oxygens (including phenoxy) is 2. The zero-order chi connectivity index (χ0) is 21.9. The van der Waals surface area contributed by atoms with Gasteiger partial charge in [0.2, 0.25) is 5.91 Å². The summed E-state index contributed by atoms with van der Waals surface area (Å²) in [7, 11) is 0. The molecule has 7 nitrogen and oxygen atoms in total. The van der Waals surface area contributed by atoms with Crippen molar-refractivity contribution in [1.82, 2.24) is 4.90 Å². The Balaban J connectivity index is 1.81. The predicted molar refractivity (Wildman–Crippen MR) is 117 cm³/mol. The van der Waals surface area contributed by atoms with E-state index >= 15 is 0 Å². The lowest BCUT2D eigenvalue weighted by Gasteiger charge is -2.21. The molecule has 0 aliphatic carbocycles. The van der Waals surface area contributed by atoms with Crippen molar-refractivity contribution in [2.45, 2.75) is 20.3 Å². The van der Waals surface area contributed by atoms with E-state index in [1.54, 1.807) is 24.3 Å². The standard InChI is InChI=1S/C22H25BrN2O5/c1-3-11-25(13-20(26)24-19-10-5-4-7-16(19)2)21(27)14-30-22(28)15-29-18-9-6-8-17(23)12-18/h4-10,12H,3,11,13-15H2,1-2H3,(H,24,26). The first-order valence-corrected chi connectivity index (χ1v) is 10.4. The number of carbonyl (C=O) groups is 3. The van der Waals surface area contributed by atoms with Crippen molar-refractivity contribution in [1.29, 1.82) is 0 Å². The molecule has 0 aliphatic rings. The topological polar surface area (TPSA) is 84.9 Å². The summed E-state index contributed by atoms with van der Waals surface area (Å²) in [4.78, 5) is 38.0. The molecule has 2 amide bonds. The van der Waals surface area contributed by atoms with E-state index in [1.165, 1.54) is 4.90 Å². The molecule has 30 heavy (non-hydrogen) atoms. The van der Waals surface area contributed by atoms with E-state index in [-0.39, 0.29) is 19.1 Å². The smallest absolute Gasteiger partial charge is 0.344 e. The van der Waals surface area contributed by atoms with Crippen LogP contribution in [0.4, 0.5) is 5.69 Å². The first-order chi connectivity index (χ1) is 14.4. The predicted octanol–water partition coefficient (Wildman–Crippen LogP) is 3.56. The van der Waals surface area contributed by atoms with Crippen molar-refractivity contribution in [2.24, 2.45) is 0 Å². The van der Waals surface area contributed by atoms with Gasteiger partial charge in [0.05, 0.1) is 6.54 Å². The largest absolute Gasteiger partial charge is 0.482 e. The van der Waals surface area contributed by atoms with E-state index in [9.17, 15) is 14.4 Å². The Bertz CT molecular complexity index is 887. The van der Waals surface area contributed by atoms with E-state index in [0.29, 0.717) is 24.4 Å². The highest BCUT2D eigenvalue weighted by Crippen LogP contribution is 2.17. The van der Waals surface area contributed by atoms with Crippen LogP contribution in [0.5, 0.6) is 5.75 Å². The molecule has 2 aromatic rings. The van der Waals surface area contributed by atoms with Crippen LogP contribution in [0.25, 0.3) is 0 Å². The van der Waals surface area contributed by atoms with Gasteiger partial charge in [-0.1, -0.05) is 47.1 Å². The molecule has 8 heteroatoms. The monoisotopic (exact) mass is 476 g/mol. The molecule has 0 spiro atoms. The molecule has 0 fully saturated rings. The summed E-state index contributed by atoms with van der Waals surface area (Å²) in [6.45, 7) is 3.29. The zero-order valence-electron chi connectivity index (χ0n) is 17.0. The summed E-state index contributed by atoms with van der Waals surface area (Å²) in [5.41, 5.74) is 1.63. The van der Waals surface area contributed by atoms with Gasteiger partial charge < -0.3 is 19.7 Å². The second kappa shape index (κ2) is 12.0. The lowest BCUT2D eigenvalue weighted by Crippen LogP contribution is -2.41. The van der Waals surface area contributed by atoms with Gasteiger partial charge in [-0.2, -0.15) is 0 Å². The number of rotatable bonds is 10. The van der Waals surface area contributed by atoms with Gasteiger partial charge in [-0.15, -0.1) is 0 Å². The van der Waals surface area contributed by atoms with E-state index in [0.717, 1.165) is 10.0 Å². The molecule has 2 aromatic carbocycles. The normalized spacial score (nSPS) is 10.2. The lowest BCUT2D eigenvalue weighted by molar-refractivity contribution is -0.154. The summed E-state index contributed by atoms with van der Waals surface area (Å²) in [5.74, 6) is -0.903. The van der Waals surface area contributed by atoms with E-state index < -0.39 is 18.5 Å². The fraction of sp³-hybridized carbons (Fsp3) is 0.318. The van der Waals surface area contributed by atoms with Gasteiger partial charge in [-0.3, -0.25) is 9.59 Å². The number of anilines is 1. The molecule has 0 unspecified atom stereocenters. The minimum absolute atomic E-state index is 0.118. The Labute approximate surface area is 184 Å². The highest BCUT2D eigenvalue weighted by Gasteiger charge is 2.19. The third kappa shape index (κ3) is 7.87. The Morgan fingerprint density at radius 1 is 1.07 bits per heavy atom. The lowest BCUT2D eigenvalue weighted by atomic mass is 10.2. The number of para-hydroxylation sites is 1. The molecule has 2 rings (SSSR count). The van der Waals surface area contributed by atoms with Crippen LogP contribution in [0.2, 0.25) is 0 Å². The molecule has 0 saturated heterocycles. The first-order valence-electron chi connectivity index (χ1n) is 9.56. The Morgan fingerprint density at radius 2 is 1.83 bits per heavy atom. The van der Waals surface area contributed by atoms with Crippen LogP contribution in [0.3, 0.4) is 0 Å². The van der Waals surface area contributed by atoms with Crippen molar-refractivity contribution in [3.05, 3.63) is 58.6 Å². The zero-order valence-corrected chi connectivity index (χ0v) is 18.6. The van der Waals surface area contributed by atoms with Crippen molar-refractivity contribution in [3.63, 3.8) is 0 Å². The number of nitrogens with one attached hydrogen (secondary N) is 1. The molecule has 0 radical (unpaired) electrons. The minimum Gasteiger partial charge on any atom is -0.482 e. The third-order valence-electron chi connectivity index (χ3n) is 4.11. The van der Waals surface area contributed by atoms with E-state index in [4.69, 9.17) is 9.47 Å². The molecule has 1 N–H and O–H groups in total. The SMILES string of the molecule is CCCN(CC(=O)Nc1ccccc1C)C(=O)COC(=O)COc1cccc(Br)c1. The highest BCUT2D eigenvalue weighted by atomic mass is 79.9. The maximum atomic E-state index is 12.4. The first kappa shape index (κ1) is 23.4. The fourth-order valence-electron chi connectivity index (χ4n) is 2.61. The number of hydrogen-bond acceptors (Lipinski definition) is 5. The number of hydrogen-bond donors (Lipinski definition) is 1. The maximum absolute atomic E-state index is 12.4. The van der Waals surface area contributed by atoms with Crippen LogP contribution in [0, 0.1) is 6.92 Å². The van der Waals surface area contributed by atoms with Crippen molar-refractivity contribution in [2.75, 3.05) is 31.6 Å². The maximum Gasteiger partial charge on any atom is 0.344 e. The molecule has 160 valence electrons. The van der Waals surface area contributed by atoms with Gasteiger partial charge >= 0.3 is 5.97 Å². The fourth-order valence-corrected chi connectivity index (χ4v) is 2.99. The summed E-state index contributed by atoms with van der Waals surface area (Å²) >= 11 is 3.31. The minimum atomic E-state index is -0.663. The van der Waals surface area contributed by atoms with E-state index in [2.05, 4.69) is 21.2 Å². The van der Waals surface area contributed by atoms with Crippen LogP contribution < -0.4 is 10.1 Å². The Hall–Kier alpha value is -2.87. The van der Waals surface area contributed by atoms with Crippen LogP contribution in [-0.2, 0) is 19.1 Å². The average Bonchev–Trinajstić information content (AvgIpc) is 2.72. The summed E-state index contributed by atoms with van der Waals surface area (Å²) in [6.07, 6.45) is 0.670. The van der Waals surface area contributed by atoms with E-state index in [1.807, 2.05) is 38.1 Å².